The van der Waals surface area contributed by atoms with Gasteiger partial charge in [-0.2, -0.15) is 0 Å². The lowest BCUT2D eigenvalue weighted by Gasteiger charge is -2.00. The molecule has 4 heteroatoms. The summed E-state index contributed by atoms with van der Waals surface area (Å²) in [4.78, 5) is 4.36. The van der Waals surface area contributed by atoms with Gasteiger partial charge in [-0.15, -0.1) is 0 Å². The zero-order chi connectivity index (χ0) is 10.7. The largest absolute Gasteiger partial charge is 0.320 e. The van der Waals surface area contributed by atoms with Crippen LogP contribution >= 0.6 is 11.6 Å². The maximum absolute atomic E-state index is 6.04. The van der Waals surface area contributed by atoms with E-state index in [4.69, 9.17) is 11.6 Å². The first-order chi connectivity index (χ1) is 7.33. The van der Waals surface area contributed by atoms with Gasteiger partial charge in [0.1, 0.15) is 5.82 Å². The van der Waals surface area contributed by atoms with Crippen LogP contribution in [0.15, 0.2) is 24.4 Å². The van der Waals surface area contributed by atoms with Gasteiger partial charge < -0.3 is 9.72 Å². The Bertz CT molecular complexity index is 450. The molecular formula is C11H14ClN3. The molecule has 0 radical (unpaired) electrons. The summed E-state index contributed by atoms with van der Waals surface area (Å²) in [5, 5.41) is 3.72. The quantitative estimate of drug-likeness (QED) is 0.805. The smallest absolute Gasteiger partial charge is 0.155 e. The second-order valence-corrected chi connectivity index (χ2v) is 3.84. The van der Waals surface area contributed by atoms with E-state index in [1.54, 1.807) is 0 Å². The predicted molar refractivity (Wildman–Crippen MR) is 62.4 cm³/mol. The molecule has 0 aliphatic rings. The van der Waals surface area contributed by atoms with Crippen LogP contribution < -0.4 is 5.32 Å². The van der Waals surface area contributed by atoms with Crippen LogP contribution in [-0.2, 0) is 6.42 Å². The summed E-state index contributed by atoms with van der Waals surface area (Å²) in [6, 6.07) is 5.95. The molecular weight excluding hydrogens is 210 g/mol. The normalized spacial score (nSPS) is 11.1. The van der Waals surface area contributed by atoms with Gasteiger partial charge in [-0.25, -0.2) is 4.98 Å². The zero-order valence-corrected chi connectivity index (χ0v) is 9.46. The van der Waals surface area contributed by atoms with Gasteiger partial charge in [0.05, 0.1) is 5.52 Å². The summed E-state index contributed by atoms with van der Waals surface area (Å²) in [7, 11) is 1.96. The van der Waals surface area contributed by atoms with E-state index in [0.29, 0.717) is 5.15 Å². The van der Waals surface area contributed by atoms with Crippen LogP contribution in [0.3, 0.4) is 0 Å². The Kier molecular flexibility index (Phi) is 3.23. The third-order valence-corrected chi connectivity index (χ3v) is 2.68. The average molecular weight is 224 g/mol. The zero-order valence-electron chi connectivity index (χ0n) is 8.70. The van der Waals surface area contributed by atoms with E-state index < -0.39 is 0 Å². The minimum atomic E-state index is 0.593. The Balaban J connectivity index is 2.27. The van der Waals surface area contributed by atoms with Crippen molar-refractivity contribution in [1.29, 1.82) is 0 Å². The monoisotopic (exact) mass is 223 g/mol. The van der Waals surface area contributed by atoms with E-state index in [1.807, 2.05) is 31.4 Å². The summed E-state index contributed by atoms with van der Waals surface area (Å²) in [6.07, 6.45) is 4.02. The van der Waals surface area contributed by atoms with Crippen LogP contribution in [0.4, 0.5) is 0 Å². The minimum Gasteiger partial charge on any atom is -0.320 e. The van der Waals surface area contributed by atoms with E-state index in [1.165, 1.54) is 0 Å². The number of hydrogen-bond donors (Lipinski definition) is 1. The first kappa shape index (κ1) is 10.5. The standard InChI is InChI=1S/C11H14ClN3/c1-13-7-4-6-10-14-11(12)9-5-2-3-8-15(9)10/h2-3,5,8,13H,4,6-7H2,1H3. The summed E-state index contributed by atoms with van der Waals surface area (Å²) in [5.74, 6) is 1.03. The van der Waals surface area contributed by atoms with Crippen molar-refractivity contribution < 1.29 is 0 Å². The number of pyridine rings is 1. The van der Waals surface area contributed by atoms with Crippen LogP contribution in [0.5, 0.6) is 0 Å². The highest BCUT2D eigenvalue weighted by atomic mass is 35.5. The van der Waals surface area contributed by atoms with Crippen molar-refractivity contribution in [3.8, 4) is 0 Å². The molecule has 0 spiro atoms. The lowest BCUT2D eigenvalue weighted by Crippen LogP contribution is -2.09. The number of nitrogens with zero attached hydrogens (tertiary/aromatic N) is 2. The van der Waals surface area contributed by atoms with Gasteiger partial charge in [0.25, 0.3) is 0 Å². The van der Waals surface area contributed by atoms with Gasteiger partial charge in [0, 0.05) is 12.6 Å². The average Bonchev–Trinajstić information content (AvgIpc) is 2.58. The van der Waals surface area contributed by atoms with Crippen LogP contribution in [0, 0.1) is 0 Å². The molecule has 0 saturated carbocycles. The van der Waals surface area contributed by atoms with E-state index in [2.05, 4.69) is 14.7 Å². The van der Waals surface area contributed by atoms with Gasteiger partial charge in [0.15, 0.2) is 5.15 Å². The van der Waals surface area contributed by atoms with Gasteiger partial charge >= 0.3 is 0 Å². The Labute approximate surface area is 94.1 Å². The second-order valence-electron chi connectivity index (χ2n) is 3.48. The van der Waals surface area contributed by atoms with Crippen molar-refractivity contribution in [1.82, 2.24) is 14.7 Å². The SMILES string of the molecule is CNCCCc1nc(Cl)c2ccccn12. The number of rotatable bonds is 4. The van der Waals surface area contributed by atoms with E-state index in [0.717, 1.165) is 30.7 Å². The van der Waals surface area contributed by atoms with Crippen LogP contribution in [-0.4, -0.2) is 23.0 Å². The summed E-state index contributed by atoms with van der Waals surface area (Å²) in [5.41, 5.74) is 0.985. The number of aromatic nitrogens is 2. The third-order valence-electron chi connectivity index (χ3n) is 2.40. The molecule has 1 N–H and O–H groups in total. The van der Waals surface area contributed by atoms with Crippen molar-refractivity contribution in [3.63, 3.8) is 0 Å². The number of aryl methyl sites for hydroxylation is 1. The molecule has 80 valence electrons. The number of imidazole rings is 1. The van der Waals surface area contributed by atoms with Gasteiger partial charge in [-0.05, 0) is 32.1 Å². The maximum atomic E-state index is 6.04. The van der Waals surface area contributed by atoms with Crippen molar-refractivity contribution >= 4 is 17.1 Å². The first-order valence-electron chi connectivity index (χ1n) is 5.09. The Hall–Kier alpha value is -1.06. The Morgan fingerprint density at radius 3 is 3.13 bits per heavy atom. The summed E-state index contributed by atoms with van der Waals surface area (Å²) >= 11 is 6.04. The molecule has 0 unspecified atom stereocenters. The van der Waals surface area contributed by atoms with Gasteiger partial charge in [-0.1, -0.05) is 17.7 Å². The lowest BCUT2D eigenvalue weighted by molar-refractivity contribution is 0.701. The molecule has 0 aliphatic carbocycles. The molecule has 2 rings (SSSR count). The minimum absolute atomic E-state index is 0.593. The molecule has 0 aliphatic heterocycles. The molecule has 0 aromatic carbocycles. The third kappa shape index (κ3) is 2.13. The molecule has 0 fully saturated rings. The highest BCUT2D eigenvalue weighted by Crippen LogP contribution is 2.18. The second kappa shape index (κ2) is 4.64. The fourth-order valence-corrected chi connectivity index (χ4v) is 1.91. The van der Waals surface area contributed by atoms with E-state index in [9.17, 15) is 0 Å². The first-order valence-corrected chi connectivity index (χ1v) is 5.47. The van der Waals surface area contributed by atoms with E-state index in [-0.39, 0.29) is 0 Å². The van der Waals surface area contributed by atoms with E-state index >= 15 is 0 Å². The number of nitrogens with one attached hydrogen (secondary N) is 1. The Morgan fingerprint density at radius 2 is 2.33 bits per heavy atom. The fraction of sp³-hybridized carbons (Fsp3) is 0.364. The van der Waals surface area contributed by atoms with Crippen molar-refractivity contribution in [2.24, 2.45) is 0 Å². The highest BCUT2D eigenvalue weighted by Gasteiger charge is 2.07. The molecule has 0 atom stereocenters. The number of hydrogen-bond acceptors (Lipinski definition) is 2. The van der Waals surface area contributed by atoms with Crippen LogP contribution in [0.25, 0.3) is 5.52 Å². The molecule has 15 heavy (non-hydrogen) atoms. The van der Waals surface area contributed by atoms with Crippen molar-refractivity contribution in [2.45, 2.75) is 12.8 Å². The van der Waals surface area contributed by atoms with Crippen molar-refractivity contribution in [2.75, 3.05) is 13.6 Å². The maximum Gasteiger partial charge on any atom is 0.155 e. The molecule has 0 bridgehead atoms. The molecule has 0 amide bonds. The molecule has 2 heterocycles. The number of halogens is 1. The van der Waals surface area contributed by atoms with Gasteiger partial charge in [0.2, 0.25) is 0 Å². The molecule has 3 nitrogen and oxygen atoms in total. The number of fused-ring (bicyclic) bond motifs is 1. The topological polar surface area (TPSA) is 29.3 Å². The predicted octanol–water partition coefficient (Wildman–Crippen LogP) is 2.14. The Morgan fingerprint density at radius 1 is 1.47 bits per heavy atom. The highest BCUT2D eigenvalue weighted by molar-refractivity contribution is 6.32. The summed E-state index contributed by atoms with van der Waals surface area (Å²) < 4.78 is 2.05. The van der Waals surface area contributed by atoms with Crippen LogP contribution in [0.1, 0.15) is 12.2 Å². The molecule has 2 aromatic heterocycles. The van der Waals surface area contributed by atoms with Crippen LogP contribution in [0.2, 0.25) is 5.15 Å². The molecule has 2 aromatic rings. The molecule has 0 saturated heterocycles. The lowest BCUT2D eigenvalue weighted by atomic mass is 10.3. The summed E-state index contributed by atoms with van der Waals surface area (Å²) in [6.45, 7) is 0.999. The fourth-order valence-electron chi connectivity index (χ4n) is 1.66. The van der Waals surface area contributed by atoms with Gasteiger partial charge in [-0.3, -0.25) is 0 Å². The van der Waals surface area contributed by atoms with Crippen molar-refractivity contribution in [3.05, 3.63) is 35.4 Å².